The van der Waals surface area contributed by atoms with Crippen molar-refractivity contribution in [1.82, 2.24) is 0 Å². The van der Waals surface area contributed by atoms with E-state index in [4.69, 9.17) is 4.74 Å². The zero-order chi connectivity index (χ0) is 14.0. The van der Waals surface area contributed by atoms with Gasteiger partial charge >= 0.3 is 0 Å². The fourth-order valence-electron chi connectivity index (χ4n) is 4.18. The highest BCUT2D eigenvalue weighted by atomic mass is 32.2. The number of benzene rings is 1. The standard InChI is InChI=1S/C15H15NO3S/c16-9-15(7-10-5-6-14(15)19-10)12-8-20(17,18)13-4-2-1-3-11(12)13/h1-4,10,12,14H,5-8H2. The molecule has 5 heteroatoms. The third-order valence-corrected chi connectivity index (χ3v) is 6.91. The van der Waals surface area contributed by atoms with Crippen LogP contribution < -0.4 is 0 Å². The predicted molar refractivity (Wildman–Crippen MR) is 71.8 cm³/mol. The molecule has 20 heavy (non-hydrogen) atoms. The van der Waals surface area contributed by atoms with Gasteiger partial charge in [0, 0.05) is 5.92 Å². The highest BCUT2D eigenvalue weighted by Gasteiger charge is 2.60. The first-order valence-electron chi connectivity index (χ1n) is 6.95. The Bertz CT molecular complexity index is 721. The van der Waals surface area contributed by atoms with Crippen LogP contribution in [0.25, 0.3) is 0 Å². The fourth-order valence-corrected chi connectivity index (χ4v) is 6.13. The van der Waals surface area contributed by atoms with Crippen molar-refractivity contribution in [3.63, 3.8) is 0 Å². The SMILES string of the molecule is N#CC1(C2CS(=O)(=O)c3ccccc32)CC2CCC1O2. The van der Waals surface area contributed by atoms with E-state index in [0.29, 0.717) is 11.3 Å². The first-order chi connectivity index (χ1) is 9.57. The molecule has 2 saturated heterocycles. The maximum absolute atomic E-state index is 12.3. The summed E-state index contributed by atoms with van der Waals surface area (Å²) >= 11 is 0. The van der Waals surface area contributed by atoms with Crippen molar-refractivity contribution in [2.24, 2.45) is 5.41 Å². The van der Waals surface area contributed by atoms with E-state index in [0.717, 1.165) is 18.4 Å². The Morgan fingerprint density at radius 3 is 2.75 bits per heavy atom. The number of ether oxygens (including phenoxy) is 1. The largest absolute Gasteiger partial charge is 0.373 e. The van der Waals surface area contributed by atoms with Crippen LogP contribution in [0.3, 0.4) is 0 Å². The van der Waals surface area contributed by atoms with E-state index in [9.17, 15) is 13.7 Å². The molecule has 3 heterocycles. The number of hydrogen-bond donors (Lipinski definition) is 0. The Morgan fingerprint density at radius 1 is 1.30 bits per heavy atom. The van der Waals surface area contributed by atoms with Crippen molar-refractivity contribution in [3.8, 4) is 6.07 Å². The Kier molecular flexibility index (Phi) is 2.37. The summed E-state index contributed by atoms with van der Waals surface area (Å²) in [4.78, 5) is 0.405. The molecule has 0 N–H and O–H groups in total. The molecule has 4 nitrogen and oxygen atoms in total. The zero-order valence-corrected chi connectivity index (χ0v) is 11.8. The molecular weight excluding hydrogens is 274 g/mol. The van der Waals surface area contributed by atoms with Gasteiger partial charge in [-0.2, -0.15) is 5.26 Å². The molecule has 2 bridgehead atoms. The van der Waals surface area contributed by atoms with Crippen molar-refractivity contribution in [2.75, 3.05) is 5.75 Å². The molecule has 4 unspecified atom stereocenters. The summed E-state index contributed by atoms with van der Waals surface area (Å²) in [7, 11) is -3.26. The number of nitriles is 1. The minimum Gasteiger partial charge on any atom is -0.373 e. The molecule has 0 aromatic heterocycles. The van der Waals surface area contributed by atoms with Crippen LogP contribution in [0.1, 0.15) is 30.7 Å². The second-order valence-corrected chi connectivity index (χ2v) is 8.05. The lowest BCUT2D eigenvalue weighted by Gasteiger charge is -2.33. The van der Waals surface area contributed by atoms with Crippen LogP contribution in [0.5, 0.6) is 0 Å². The number of sulfone groups is 1. The third kappa shape index (κ3) is 1.41. The van der Waals surface area contributed by atoms with E-state index in [1.807, 2.05) is 12.1 Å². The molecule has 4 atom stereocenters. The normalized spacial score (nSPS) is 40.5. The number of nitrogens with zero attached hydrogens (tertiary/aromatic N) is 1. The quantitative estimate of drug-likeness (QED) is 0.793. The van der Waals surface area contributed by atoms with Crippen LogP contribution in [0.2, 0.25) is 0 Å². The third-order valence-electron chi connectivity index (χ3n) is 5.09. The van der Waals surface area contributed by atoms with Gasteiger partial charge in [-0.25, -0.2) is 8.42 Å². The van der Waals surface area contributed by atoms with E-state index in [2.05, 4.69) is 6.07 Å². The molecule has 0 radical (unpaired) electrons. The van der Waals surface area contributed by atoms with Crippen LogP contribution in [0, 0.1) is 16.7 Å². The van der Waals surface area contributed by atoms with Crippen LogP contribution in [-0.4, -0.2) is 26.4 Å². The molecule has 1 aromatic rings. The van der Waals surface area contributed by atoms with Gasteiger partial charge in [0.1, 0.15) is 0 Å². The molecule has 0 spiro atoms. The molecule has 104 valence electrons. The van der Waals surface area contributed by atoms with E-state index >= 15 is 0 Å². The summed E-state index contributed by atoms with van der Waals surface area (Å²) in [6.07, 6.45) is 2.56. The maximum atomic E-state index is 12.3. The number of rotatable bonds is 1. The Morgan fingerprint density at radius 2 is 2.10 bits per heavy atom. The highest BCUT2D eigenvalue weighted by Crippen LogP contribution is 2.57. The molecule has 0 saturated carbocycles. The summed E-state index contributed by atoms with van der Waals surface area (Å²) in [6, 6.07) is 9.55. The van der Waals surface area contributed by atoms with E-state index in [-0.39, 0.29) is 23.9 Å². The van der Waals surface area contributed by atoms with Crippen molar-refractivity contribution in [2.45, 2.75) is 42.3 Å². The number of fused-ring (bicyclic) bond motifs is 3. The summed E-state index contributed by atoms with van der Waals surface area (Å²) < 4.78 is 30.5. The minimum absolute atomic E-state index is 0.0481. The molecule has 2 fully saturated rings. The zero-order valence-electron chi connectivity index (χ0n) is 11.0. The van der Waals surface area contributed by atoms with E-state index in [1.165, 1.54) is 0 Å². The van der Waals surface area contributed by atoms with Crippen molar-refractivity contribution >= 4 is 9.84 Å². The van der Waals surface area contributed by atoms with Gasteiger partial charge in [-0.15, -0.1) is 0 Å². The average Bonchev–Trinajstić information content (AvgIpc) is 3.11. The van der Waals surface area contributed by atoms with Gasteiger partial charge in [0.2, 0.25) is 0 Å². The molecular formula is C15H15NO3S. The van der Waals surface area contributed by atoms with Gasteiger partial charge in [0.05, 0.1) is 34.3 Å². The average molecular weight is 289 g/mol. The van der Waals surface area contributed by atoms with Crippen molar-refractivity contribution in [3.05, 3.63) is 29.8 Å². The highest BCUT2D eigenvalue weighted by molar-refractivity contribution is 7.91. The molecule has 0 aliphatic carbocycles. The van der Waals surface area contributed by atoms with Gasteiger partial charge in [-0.3, -0.25) is 0 Å². The van der Waals surface area contributed by atoms with Gasteiger partial charge in [-0.1, -0.05) is 18.2 Å². The molecule has 3 aliphatic heterocycles. The molecule has 1 aromatic carbocycles. The Balaban J connectivity index is 1.87. The summed E-state index contributed by atoms with van der Waals surface area (Å²) in [6.45, 7) is 0. The molecule has 0 amide bonds. The second-order valence-electron chi connectivity index (χ2n) is 6.05. The van der Waals surface area contributed by atoms with Gasteiger partial charge in [-0.05, 0) is 30.9 Å². The van der Waals surface area contributed by atoms with Crippen LogP contribution in [0.4, 0.5) is 0 Å². The smallest absolute Gasteiger partial charge is 0.179 e. The van der Waals surface area contributed by atoms with Crippen molar-refractivity contribution < 1.29 is 13.2 Å². The van der Waals surface area contributed by atoms with Crippen molar-refractivity contribution in [1.29, 1.82) is 5.26 Å². The van der Waals surface area contributed by atoms with E-state index < -0.39 is 15.3 Å². The van der Waals surface area contributed by atoms with Crippen LogP contribution >= 0.6 is 0 Å². The predicted octanol–water partition coefficient (Wildman–Crippen LogP) is 2.02. The van der Waals surface area contributed by atoms with Gasteiger partial charge < -0.3 is 4.74 Å². The van der Waals surface area contributed by atoms with Crippen LogP contribution in [0.15, 0.2) is 29.2 Å². The van der Waals surface area contributed by atoms with E-state index in [1.54, 1.807) is 12.1 Å². The molecule has 4 rings (SSSR count). The topological polar surface area (TPSA) is 67.2 Å². The minimum atomic E-state index is -3.26. The first-order valence-corrected chi connectivity index (χ1v) is 8.60. The number of hydrogen-bond acceptors (Lipinski definition) is 4. The Hall–Kier alpha value is -1.38. The lowest BCUT2D eigenvalue weighted by molar-refractivity contribution is 0.0726. The Labute approximate surface area is 118 Å². The van der Waals surface area contributed by atoms with Gasteiger partial charge in [0.25, 0.3) is 0 Å². The lowest BCUT2D eigenvalue weighted by Crippen LogP contribution is -2.38. The van der Waals surface area contributed by atoms with Crippen LogP contribution in [-0.2, 0) is 14.6 Å². The monoisotopic (exact) mass is 289 g/mol. The fraction of sp³-hybridized carbons (Fsp3) is 0.533. The maximum Gasteiger partial charge on any atom is 0.179 e. The second kappa shape index (κ2) is 3.84. The summed E-state index contributed by atoms with van der Waals surface area (Å²) in [5.41, 5.74) is 0.146. The molecule has 3 aliphatic rings. The van der Waals surface area contributed by atoms with Gasteiger partial charge in [0.15, 0.2) is 9.84 Å². The summed E-state index contributed by atoms with van der Waals surface area (Å²) in [5.74, 6) is -0.198. The first kappa shape index (κ1) is 12.4. The summed E-state index contributed by atoms with van der Waals surface area (Å²) in [5, 5.41) is 9.77. The lowest BCUT2D eigenvalue weighted by atomic mass is 9.65.